The Hall–Kier alpha value is -1.61. The van der Waals surface area contributed by atoms with Gasteiger partial charge in [-0.25, -0.2) is 0 Å². The molecule has 0 bridgehead atoms. The first-order valence-electron chi connectivity index (χ1n) is 5.10. The lowest BCUT2D eigenvalue weighted by molar-refractivity contribution is 1.45. The zero-order chi connectivity index (χ0) is 11.4. The lowest BCUT2D eigenvalue weighted by atomic mass is 10.2. The van der Waals surface area contributed by atoms with Crippen LogP contribution in [0.4, 0.5) is 11.4 Å². The third kappa shape index (κ3) is 2.70. The van der Waals surface area contributed by atoms with E-state index in [1.54, 1.807) is 11.9 Å². The van der Waals surface area contributed by atoms with Gasteiger partial charge in [-0.05, 0) is 54.8 Å². The van der Waals surface area contributed by atoms with Gasteiger partial charge in [-0.2, -0.15) is 0 Å². The molecule has 16 heavy (non-hydrogen) atoms. The minimum Gasteiger partial charge on any atom is -0.399 e. The Balaban J connectivity index is 2.02. The highest BCUT2D eigenvalue weighted by atomic mass is 32.2. The summed E-state index contributed by atoms with van der Waals surface area (Å²) < 4.78 is 3.32. The van der Waals surface area contributed by atoms with Crippen LogP contribution in [0.1, 0.15) is 5.56 Å². The SMILES string of the molecule is Cc1ccccc1NSc1ccc(N)cc1. The van der Waals surface area contributed by atoms with Crippen molar-refractivity contribution in [3.05, 3.63) is 54.1 Å². The second-order valence-electron chi connectivity index (χ2n) is 3.59. The maximum absolute atomic E-state index is 5.63. The van der Waals surface area contributed by atoms with Gasteiger partial charge in [0.2, 0.25) is 0 Å². The summed E-state index contributed by atoms with van der Waals surface area (Å²) >= 11 is 1.59. The van der Waals surface area contributed by atoms with Crippen LogP contribution in [0.3, 0.4) is 0 Å². The normalized spacial score (nSPS) is 10.1. The van der Waals surface area contributed by atoms with E-state index in [0.717, 1.165) is 16.3 Å². The summed E-state index contributed by atoms with van der Waals surface area (Å²) in [5, 5.41) is 0. The first kappa shape index (κ1) is 10.9. The van der Waals surface area contributed by atoms with Gasteiger partial charge in [0.15, 0.2) is 0 Å². The minimum absolute atomic E-state index is 0.792. The lowest BCUT2D eigenvalue weighted by Crippen LogP contribution is -1.89. The van der Waals surface area contributed by atoms with Gasteiger partial charge in [-0.1, -0.05) is 18.2 Å². The van der Waals surface area contributed by atoms with Crippen LogP contribution in [0.5, 0.6) is 0 Å². The Morgan fingerprint density at radius 2 is 1.69 bits per heavy atom. The van der Waals surface area contributed by atoms with Gasteiger partial charge in [0.05, 0.1) is 0 Å². The van der Waals surface area contributed by atoms with Gasteiger partial charge in [0.1, 0.15) is 0 Å². The average Bonchev–Trinajstić information content (AvgIpc) is 2.30. The van der Waals surface area contributed by atoms with Crippen molar-refractivity contribution in [2.45, 2.75) is 11.8 Å². The summed E-state index contributed by atoms with van der Waals surface area (Å²) in [6.07, 6.45) is 0. The molecule has 0 unspecified atom stereocenters. The molecule has 82 valence electrons. The van der Waals surface area contributed by atoms with Crippen molar-refractivity contribution < 1.29 is 0 Å². The maximum Gasteiger partial charge on any atom is 0.0472 e. The van der Waals surface area contributed by atoms with Crippen LogP contribution in [0.25, 0.3) is 0 Å². The van der Waals surface area contributed by atoms with Crippen LogP contribution in [0.2, 0.25) is 0 Å². The molecule has 2 nitrogen and oxygen atoms in total. The summed E-state index contributed by atoms with van der Waals surface area (Å²) in [5.41, 5.74) is 8.80. The predicted octanol–water partition coefficient (Wildman–Crippen LogP) is 3.70. The highest BCUT2D eigenvalue weighted by Gasteiger charge is 1.97. The number of aryl methyl sites for hydroxylation is 1. The Morgan fingerprint density at radius 3 is 2.38 bits per heavy atom. The molecule has 0 atom stereocenters. The van der Waals surface area contributed by atoms with E-state index in [9.17, 15) is 0 Å². The number of anilines is 2. The van der Waals surface area contributed by atoms with Gasteiger partial charge < -0.3 is 10.5 Å². The number of nitrogens with two attached hydrogens (primary N) is 1. The Morgan fingerprint density at radius 1 is 1.00 bits per heavy atom. The number of nitrogens with one attached hydrogen (secondary N) is 1. The van der Waals surface area contributed by atoms with E-state index in [4.69, 9.17) is 5.73 Å². The van der Waals surface area contributed by atoms with Crippen LogP contribution in [-0.2, 0) is 0 Å². The molecule has 0 spiro atoms. The molecular weight excluding hydrogens is 216 g/mol. The molecule has 3 N–H and O–H groups in total. The van der Waals surface area contributed by atoms with Crippen LogP contribution >= 0.6 is 11.9 Å². The number of hydrogen-bond acceptors (Lipinski definition) is 3. The Labute approximate surface area is 100 Å². The molecule has 2 rings (SSSR count). The van der Waals surface area contributed by atoms with E-state index in [2.05, 4.69) is 23.8 Å². The average molecular weight is 230 g/mol. The third-order valence-electron chi connectivity index (χ3n) is 2.30. The fourth-order valence-electron chi connectivity index (χ4n) is 1.34. The van der Waals surface area contributed by atoms with Gasteiger partial charge in [0, 0.05) is 16.3 Å². The van der Waals surface area contributed by atoms with Crippen LogP contribution in [0, 0.1) is 6.92 Å². The molecule has 3 heteroatoms. The molecule has 0 aliphatic heterocycles. The second kappa shape index (κ2) is 4.94. The maximum atomic E-state index is 5.63. The van der Waals surface area contributed by atoms with Crippen LogP contribution in [-0.4, -0.2) is 0 Å². The molecular formula is C13H14N2S. The molecule has 0 radical (unpaired) electrons. The smallest absolute Gasteiger partial charge is 0.0472 e. The Bertz CT molecular complexity index is 466. The summed E-state index contributed by atoms with van der Waals surface area (Å²) in [6.45, 7) is 2.09. The molecule has 2 aromatic carbocycles. The Kier molecular flexibility index (Phi) is 3.37. The van der Waals surface area contributed by atoms with E-state index in [1.165, 1.54) is 5.56 Å². The van der Waals surface area contributed by atoms with Gasteiger partial charge >= 0.3 is 0 Å². The molecule has 0 saturated carbocycles. The molecule has 0 heterocycles. The molecule has 2 aromatic rings. The summed E-state index contributed by atoms with van der Waals surface area (Å²) in [5.74, 6) is 0. The number of hydrogen-bond donors (Lipinski definition) is 2. The second-order valence-corrected chi connectivity index (χ2v) is 4.47. The zero-order valence-electron chi connectivity index (χ0n) is 9.10. The molecule has 0 amide bonds. The van der Waals surface area contributed by atoms with E-state index < -0.39 is 0 Å². The lowest BCUT2D eigenvalue weighted by Gasteiger charge is -2.08. The zero-order valence-corrected chi connectivity index (χ0v) is 9.92. The van der Waals surface area contributed by atoms with Crippen molar-refractivity contribution in [3.63, 3.8) is 0 Å². The minimum atomic E-state index is 0.792. The number of para-hydroxylation sites is 1. The van der Waals surface area contributed by atoms with Crippen LogP contribution < -0.4 is 10.5 Å². The van der Waals surface area contributed by atoms with E-state index in [-0.39, 0.29) is 0 Å². The highest BCUT2D eigenvalue weighted by molar-refractivity contribution is 8.00. The summed E-state index contributed by atoms with van der Waals surface area (Å²) in [4.78, 5) is 1.15. The third-order valence-corrected chi connectivity index (χ3v) is 3.13. The number of nitrogen functional groups attached to an aromatic ring is 1. The molecule has 0 saturated heterocycles. The molecule has 0 aliphatic carbocycles. The first-order chi connectivity index (χ1) is 7.75. The van der Waals surface area contributed by atoms with Gasteiger partial charge in [-0.15, -0.1) is 0 Å². The summed E-state index contributed by atoms with van der Waals surface area (Å²) in [6, 6.07) is 16.0. The monoisotopic (exact) mass is 230 g/mol. The molecule has 0 aromatic heterocycles. The van der Waals surface area contributed by atoms with E-state index in [0.29, 0.717) is 0 Å². The van der Waals surface area contributed by atoms with Crippen molar-refractivity contribution in [2.24, 2.45) is 0 Å². The largest absolute Gasteiger partial charge is 0.399 e. The summed E-state index contributed by atoms with van der Waals surface area (Å²) in [7, 11) is 0. The predicted molar refractivity (Wildman–Crippen MR) is 71.5 cm³/mol. The van der Waals surface area contributed by atoms with Crippen molar-refractivity contribution in [3.8, 4) is 0 Å². The fourth-order valence-corrected chi connectivity index (χ4v) is 2.07. The molecule has 0 fully saturated rings. The number of benzene rings is 2. The van der Waals surface area contributed by atoms with Crippen molar-refractivity contribution in [2.75, 3.05) is 10.5 Å². The topological polar surface area (TPSA) is 38.0 Å². The van der Waals surface area contributed by atoms with E-state index >= 15 is 0 Å². The van der Waals surface area contributed by atoms with Gasteiger partial charge in [0.25, 0.3) is 0 Å². The van der Waals surface area contributed by atoms with Crippen molar-refractivity contribution in [1.29, 1.82) is 0 Å². The fraction of sp³-hybridized carbons (Fsp3) is 0.0769. The van der Waals surface area contributed by atoms with E-state index in [1.807, 2.05) is 36.4 Å². The van der Waals surface area contributed by atoms with Crippen LogP contribution in [0.15, 0.2) is 53.4 Å². The molecule has 0 aliphatic rings. The quantitative estimate of drug-likeness (QED) is 0.623. The highest BCUT2D eigenvalue weighted by Crippen LogP contribution is 2.23. The first-order valence-corrected chi connectivity index (χ1v) is 5.91. The van der Waals surface area contributed by atoms with Crippen molar-refractivity contribution >= 4 is 23.3 Å². The number of rotatable bonds is 3. The standard InChI is InChI=1S/C13H14N2S/c1-10-4-2-3-5-13(10)15-16-12-8-6-11(14)7-9-12/h2-9,15H,14H2,1H3. The van der Waals surface area contributed by atoms with Crippen molar-refractivity contribution in [1.82, 2.24) is 0 Å². The van der Waals surface area contributed by atoms with Gasteiger partial charge in [-0.3, -0.25) is 0 Å².